The van der Waals surface area contributed by atoms with E-state index in [2.05, 4.69) is 127 Å². The summed E-state index contributed by atoms with van der Waals surface area (Å²) in [6.45, 7) is 0. The molecule has 0 radical (unpaired) electrons. The first-order valence-electron chi connectivity index (χ1n) is 16.9. The Hall–Kier alpha value is -6.59. The highest BCUT2D eigenvalue weighted by Gasteiger charge is 2.20. The zero-order chi connectivity index (χ0) is 33.0. The lowest BCUT2D eigenvalue weighted by molar-refractivity contribution is 0.546. The predicted octanol–water partition coefficient (Wildman–Crippen LogP) is 11.8. The minimum Gasteiger partial charge on any atom is -0.460 e. The molecule has 3 aromatic heterocycles. The second-order valence-corrected chi connectivity index (χ2v) is 12.7. The van der Waals surface area contributed by atoms with Crippen LogP contribution in [0, 0.1) is 0 Å². The van der Waals surface area contributed by atoms with Crippen molar-refractivity contribution in [2.75, 3.05) is 0 Å². The summed E-state index contributed by atoms with van der Waals surface area (Å²) in [7, 11) is 0. The van der Waals surface area contributed by atoms with Gasteiger partial charge in [-0.2, -0.15) is 0 Å². The summed E-state index contributed by atoms with van der Waals surface area (Å²) in [6, 6.07) is 47.9. The lowest BCUT2D eigenvalue weighted by atomic mass is 9.97. The van der Waals surface area contributed by atoms with Gasteiger partial charge in [0.25, 0.3) is 0 Å². The molecule has 0 aliphatic heterocycles. The number of hydrogen-bond donors (Lipinski definition) is 0. The smallest absolute Gasteiger partial charge is 0.164 e. The SMILES string of the molecule is C1=Cc2c(oc3cc(-c4nc(-c5ccc(-c6ccccc6)cc5)nc(-c5cc(-c6ccccc6)c6c(c5)oc5ccccc56)n4)ccc23)CC1. The summed E-state index contributed by atoms with van der Waals surface area (Å²) < 4.78 is 12.8. The molecule has 0 saturated carbocycles. The highest BCUT2D eigenvalue weighted by molar-refractivity contribution is 6.13. The van der Waals surface area contributed by atoms with Crippen LogP contribution in [0.3, 0.4) is 0 Å². The third kappa shape index (κ3) is 4.82. The van der Waals surface area contributed by atoms with Gasteiger partial charge in [-0.15, -0.1) is 0 Å². The molecule has 0 saturated heterocycles. The normalized spacial score (nSPS) is 12.6. The summed E-state index contributed by atoms with van der Waals surface area (Å²) in [4.78, 5) is 15.3. The quantitative estimate of drug-likeness (QED) is 0.187. The molecule has 5 heteroatoms. The van der Waals surface area contributed by atoms with Gasteiger partial charge in [-0.3, -0.25) is 0 Å². The minimum absolute atomic E-state index is 0.568. The topological polar surface area (TPSA) is 65.0 Å². The van der Waals surface area contributed by atoms with Crippen molar-refractivity contribution in [2.24, 2.45) is 0 Å². The van der Waals surface area contributed by atoms with Crippen LogP contribution in [-0.4, -0.2) is 15.0 Å². The molecule has 0 unspecified atom stereocenters. The van der Waals surface area contributed by atoms with Crippen molar-refractivity contribution in [3.05, 3.63) is 157 Å². The summed E-state index contributed by atoms with van der Waals surface area (Å²) in [6.07, 6.45) is 6.27. The standard InChI is InChI=1S/C45H29N3O2/c1-3-11-28(12-4-1)29-19-21-31(22-20-29)43-46-44(32-23-24-35-34-15-7-9-17-38(34)49-40(35)26-32)48-45(47-43)33-25-37(30-13-5-2-6-14-30)42-36-16-8-10-18-39(36)50-41(42)27-33/h1-8,10-16,18-27H,9,17H2. The van der Waals surface area contributed by atoms with Gasteiger partial charge in [-0.25, -0.2) is 15.0 Å². The van der Waals surface area contributed by atoms with Gasteiger partial charge in [0.15, 0.2) is 17.5 Å². The summed E-state index contributed by atoms with van der Waals surface area (Å²) in [5.74, 6) is 2.77. The molecule has 0 atom stereocenters. The van der Waals surface area contributed by atoms with Crippen LogP contribution in [0.4, 0.5) is 0 Å². The molecule has 236 valence electrons. The number of aromatic nitrogens is 3. The molecule has 0 amide bonds. The van der Waals surface area contributed by atoms with Crippen LogP contribution in [-0.2, 0) is 6.42 Å². The van der Waals surface area contributed by atoms with Crippen LogP contribution in [0.2, 0.25) is 0 Å². The number of nitrogens with zero attached hydrogens (tertiary/aromatic N) is 3. The Morgan fingerprint density at radius 3 is 1.86 bits per heavy atom. The van der Waals surface area contributed by atoms with Gasteiger partial charge in [0.05, 0.1) is 0 Å². The molecule has 0 spiro atoms. The Bertz CT molecular complexity index is 2740. The monoisotopic (exact) mass is 643 g/mol. The van der Waals surface area contributed by atoms with Crippen molar-refractivity contribution in [3.8, 4) is 56.4 Å². The second kappa shape index (κ2) is 11.5. The third-order valence-electron chi connectivity index (χ3n) is 9.59. The lowest BCUT2D eigenvalue weighted by Gasteiger charge is -2.11. The fraction of sp³-hybridized carbons (Fsp3) is 0.0444. The van der Waals surface area contributed by atoms with Crippen molar-refractivity contribution >= 4 is 39.0 Å². The van der Waals surface area contributed by atoms with Crippen molar-refractivity contribution in [1.29, 1.82) is 0 Å². The average molecular weight is 644 g/mol. The molecule has 0 N–H and O–H groups in total. The fourth-order valence-corrected chi connectivity index (χ4v) is 7.12. The number of rotatable bonds is 5. The van der Waals surface area contributed by atoms with E-state index in [1.165, 1.54) is 5.56 Å². The largest absolute Gasteiger partial charge is 0.460 e. The van der Waals surface area contributed by atoms with Gasteiger partial charge in [-0.1, -0.05) is 121 Å². The Balaban J connectivity index is 1.18. The summed E-state index contributed by atoms with van der Waals surface area (Å²) in [5.41, 5.74) is 10.7. The van der Waals surface area contributed by atoms with Crippen LogP contribution in [0.1, 0.15) is 17.7 Å². The second-order valence-electron chi connectivity index (χ2n) is 12.7. The van der Waals surface area contributed by atoms with Gasteiger partial charge in [0.2, 0.25) is 0 Å². The van der Waals surface area contributed by atoms with E-state index < -0.39 is 0 Å². The van der Waals surface area contributed by atoms with Gasteiger partial charge < -0.3 is 8.83 Å². The van der Waals surface area contributed by atoms with Crippen molar-refractivity contribution < 1.29 is 8.83 Å². The molecule has 3 heterocycles. The van der Waals surface area contributed by atoms with Crippen LogP contribution >= 0.6 is 0 Å². The molecular weight excluding hydrogens is 615 g/mol. The molecule has 9 aromatic rings. The van der Waals surface area contributed by atoms with Gasteiger partial charge in [0, 0.05) is 44.8 Å². The van der Waals surface area contributed by atoms with Crippen LogP contribution in [0.25, 0.3) is 95.4 Å². The van der Waals surface area contributed by atoms with E-state index in [0.717, 1.165) is 90.5 Å². The highest BCUT2D eigenvalue weighted by atomic mass is 16.3. The molecular formula is C45H29N3O2. The number of hydrogen-bond acceptors (Lipinski definition) is 5. The zero-order valence-corrected chi connectivity index (χ0v) is 27.0. The van der Waals surface area contributed by atoms with E-state index in [9.17, 15) is 0 Å². The number of aryl methyl sites for hydroxylation is 1. The van der Waals surface area contributed by atoms with Crippen LogP contribution in [0.15, 0.2) is 154 Å². The number of furan rings is 2. The maximum atomic E-state index is 6.46. The maximum absolute atomic E-state index is 6.46. The Morgan fingerprint density at radius 2 is 1.06 bits per heavy atom. The molecule has 0 bridgehead atoms. The molecule has 0 fully saturated rings. The van der Waals surface area contributed by atoms with E-state index >= 15 is 0 Å². The Kier molecular flexibility index (Phi) is 6.56. The highest BCUT2D eigenvalue weighted by Crippen LogP contribution is 2.40. The Morgan fingerprint density at radius 1 is 0.440 bits per heavy atom. The van der Waals surface area contributed by atoms with Gasteiger partial charge in [0.1, 0.15) is 22.5 Å². The average Bonchev–Trinajstić information content (AvgIpc) is 3.76. The number of benzene rings is 6. The molecule has 50 heavy (non-hydrogen) atoms. The predicted molar refractivity (Wildman–Crippen MR) is 201 cm³/mol. The first kappa shape index (κ1) is 28.4. The first-order chi connectivity index (χ1) is 24.7. The molecule has 5 nitrogen and oxygen atoms in total. The van der Waals surface area contributed by atoms with Crippen molar-refractivity contribution in [3.63, 3.8) is 0 Å². The van der Waals surface area contributed by atoms with Gasteiger partial charge >= 0.3 is 0 Å². The molecule has 6 aromatic carbocycles. The van der Waals surface area contributed by atoms with Gasteiger partial charge in [-0.05, 0) is 59.0 Å². The zero-order valence-electron chi connectivity index (χ0n) is 27.0. The first-order valence-corrected chi connectivity index (χ1v) is 16.9. The van der Waals surface area contributed by atoms with Crippen molar-refractivity contribution in [1.82, 2.24) is 15.0 Å². The van der Waals surface area contributed by atoms with E-state index in [4.69, 9.17) is 23.8 Å². The maximum Gasteiger partial charge on any atom is 0.164 e. The van der Waals surface area contributed by atoms with Crippen LogP contribution in [0.5, 0.6) is 0 Å². The molecule has 1 aliphatic carbocycles. The minimum atomic E-state index is 0.568. The van der Waals surface area contributed by atoms with E-state index in [1.54, 1.807) is 0 Å². The van der Waals surface area contributed by atoms with E-state index in [1.807, 2.05) is 24.3 Å². The molecule has 10 rings (SSSR count). The summed E-state index contributed by atoms with van der Waals surface area (Å²) in [5, 5.41) is 3.25. The van der Waals surface area contributed by atoms with Crippen LogP contribution < -0.4 is 0 Å². The van der Waals surface area contributed by atoms with E-state index in [-0.39, 0.29) is 0 Å². The number of fused-ring (bicyclic) bond motifs is 6. The number of para-hydroxylation sites is 1. The lowest BCUT2D eigenvalue weighted by Crippen LogP contribution is -2.00. The third-order valence-corrected chi connectivity index (χ3v) is 9.59. The number of allylic oxidation sites excluding steroid dienone is 1. The molecule has 1 aliphatic rings. The fourth-order valence-electron chi connectivity index (χ4n) is 7.12. The Labute approximate surface area is 288 Å². The van der Waals surface area contributed by atoms with Crippen molar-refractivity contribution in [2.45, 2.75) is 12.8 Å². The summed E-state index contributed by atoms with van der Waals surface area (Å²) >= 11 is 0. The van der Waals surface area contributed by atoms with E-state index in [0.29, 0.717) is 17.5 Å².